The Labute approximate surface area is 120 Å². The lowest BCUT2D eigenvalue weighted by Gasteiger charge is -2.27. The van der Waals surface area contributed by atoms with Gasteiger partial charge in [-0.25, -0.2) is 0 Å². The van der Waals surface area contributed by atoms with Gasteiger partial charge in [-0.2, -0.15) is 0 Å². The van der Waals surface area contributed by atoms with Crippen LogP contribution in [0.2, 0.25) is 0 Å². The van der Waals surface area contributed by atoms with Crippen LogP contribution in [-0.2, 0) is 6.54 Å². The molecule has 2 nitrogen and oxygen atoms in total. The third-order valence-corrected chi connectivity index (χ3v) is 4.54. The summed E-state index contributed by atoms with van der Waals surface area (Å²) in [5.41, 5.74) is 2.81. The second-order valence-corrected chi connectivity index (χ2v) is 5.90. The highest BCUT2D eigenvalue weighted by Gasteiger charge is 2.38. The van der Waals surface area contributed by atoms with Crippen molar-refractivity contribution in [2.75, 3.05) is 19.7 Å². The summed E-state index contributed by atoms with van der Waals surface area (Å²) in [6.07, 6.45) is 0. The molecule has 2 aromatic carbocycles. The third kappa shape index (κ3) is 2.10. The van der Waals surface area contributed by atoms with E-state index in [-0.39, 0.29) is 0 Å². The summed E-state index contributed by atoms with van der Waals surface area (Å²) < 4.78 is 5.91. The van der Waals surface area contributed by atoms with Gasteiger partial charge in [0.05, 0.1) is 6.61 Å². The van der Waals surface area contributed by atoms with Crippen molar-refractivity contribution in [2.45, 2.75) is 12.5 Å². The molecule has 1 fully saturated rings. The summed E-state index contributed by atoms with van der Waals surface area (Å²) in [7, 11) is 0. The molecule has 0 spiro atoms. The number of hydrogen-bond donors (Lipinski definition) is 0. The summed E-state index contributed by atoms with van der Waals surface area (Å²) >= 11 is 0. The van der Waals surface area contributed by atoms with E-state index in [1.54, 1.807) is 0 Å². The van der Waals surface area contributed by atoms with E-state index >= 15 is 0 Å². The molecule has 0 bridgehead atoms. The molecule has 2 heterocycles. The second kappa shape index (κ2) is 4.95. The van der Waals surface area contributed by atoms with Crippen LogP contribution < -0.4 is 4.74 Å². The molecule has 2 atom stereocenters. The second-order valence-electron chi connectivity index (χ2n) is 5.90. The number of fused-ring (bicyclic) bond motifs is 3. The maximum atomic E-state index is 5.91. The zero-order valence-corrected chi connectivity index (χ0v) is 11.5. The molecule has 4 rings (SSSR count). The minimum absolute atomic E-state index is 0.642. The van der Waals surface area contributed by atoms with Crippen molar-refractivity contribution in [1.29, 1.82) is 0 Å². The highest BCUT2D eigenvalue weighted by molar-refractivity contribution is 5.39. The maximum Gasteiger partial charge on any atom is 0.122 e. The van der Waals surface area contributed by atoms with Crippen molar-refractivity contribution in [3.63, 3.8) is 0 Å². The fourth-order valence-electron chi connectivity index (χ4n) is 3.57. The number of rotatable bonds is 2. The SMILES string of the molecule is c1ccc(CN2C[C@H]3COc4ccccc4[C@@H]3C2)cc1. The van der Waals surface area contributed by atoms with E-state index in [2.05, 4.69) is 59.5 Å². The lowest BCUT2D eigenvalue weighted by molar-refractivity contribution is 0.212. The van der Waals surface area contributed by atoms with Crippen LogP contribution in [0.3, 0.4) is 0 Å². The van der Waals surface area contributed by atoms with Gasteiger partial charge in [-0.1, -0.05) is 48.5 Å². The molecule has 2 heteroatoms. The average Bonchev–Trinajstić information content (AvgIpc) is 2.91. The highest BCUT2D eigenvalue weighted by atomic mass is 16.5. The van der Waals surface area contributed by atoms with Gasteiger partial charge in [0.15, 0.2) is 0 Å². The number of likely N-dealkylation sites (tertiary alicyclic amines) is 1. The Balaban J connectivity index is 1.53. The number of para-hydroxylation sites is 1. The van der Waals surface area contributed by atoms with E-state index in [1.165, 1.54) is 11.1 Å². The summed E-state index contributed by atoms with van der Waals surface area (Å²) in [4.78, 5) is 2.57. The van der Waals surface area contributed by atoms with E-state index in [0.717, 1.165) is 32.0 Å². The molecule has 0 N–H and O–H groups in total. The summed E-state index contributed by atoms with van der Waals surface area (Å²) in [5, 5.41) is 0. The predicted octanol–water partition coefficient (Wildman–Crippen LogP) is 3.29. The highest BCUT2D eigenvalue weighted by Crippen LogP contribution is 2.41. The summed E-state index contributed by atoms with van der Waals surface area (Å²) in [6.45, 7) is 4.22. The Morgan fingerprint density at radius 1 is 0.950 bits per heavy atom. The molecule has 2 aromatic rings. The quantitative estimate of drug-likeness (QED) is 0.826. The molecule has 0 amide bonds. The van der Waals surface area contributed by atoms with Gasteiger partial charge in [-0.3, -0.25) is 4.90 Å². The minimum atomic E-state index is 0.642. The van der Waals surface area contributed by atoms with Crippen LogP contribution in [0.15, 0.2) is 54.6 Å². The van der Waals surface area contributed by atoms with E-state index in [1.807, 2.05) is 0 Å². The van der Waals surface area contributed by atoms with Crippen LogP contribution in [0, 0.1) is 5.92 Å². The Hall–Kier alpha value is -1.80. The standard InChI is InChI=1S/C18H19NO/c1-2-6-14(7-3-1)10-19-11-15-13-20-18-9-5-4-8-16(18)17(15)12-19/h1-9,15,17H,10-13H2/t15-,17+/m0/s1. The molecule has 1 saturated heterocycles. The van der Waals surface area contributed by atoms with E-state index < -0.39 is 0 Å². The van der Waals surface area contributed by atoms with E-state index in [9.17, 15) is 0 Å². The van der Waals surface area contributed by atoms with Gasteiger partial charge in [0, 0.05) is 31.5 Å². The van der Waals surface area contributed by atoms with Crippen LogP contribution in [0.1, 0.15) is 17.0 Å². The van der Waals surface area contributed by atoms with E-state index in [0.29, 0.717) is 11.8 Å². The number of hydrogen-bond acceptors (Lipinski definition) is 2. The van der Waals surface area contributed by atoms with Crippen molar-refractivity contribution in [3.05, 3.63) is 65.7 Å². The van der Waals surface area contributed by atoms with Crippen molar-refractivity contribution in [2.24, 2.45) is 5.92 Å². The molecule has 2 aliphatic rings. The zero-order valence-electron chi connectivity index (χ0n) is 11.5. The number of ether oxygens (including phenoxy) is 1. The van der Waals surface area contributed by atoms with Gasteiger partial charge in [0.25, 0.3) is 0 Å². The summed E-state index contributed by atoms with van der Waals surface area (Å²) in [5.74, 6) is 2.38. The third-order valence-electron chi connectivity index (χ3n) is 4.54. The Morgan fingerprint density at radius 2 is 1.75 bits per heavy atom. The van der Waals surface area contributed by atoms with Gasteiger partial charge in [0.1, 0.15) is 5.75 Å². The first-order valence-electron chi connectivity index (χ1n) is 7.38. The molecule has 20 heavy (non-hydrogen) atoms. The Kier molecular flexibility index (Phi) is 2.96. The topological polar surface area (TPSA) is 12.5 Å². The van der Waals surface area contributed by atoms with Gasteiger partial charge < -0.3 is 4.74 Å². The fraction of sp³-hybridized carbons (Fsp3) is 0.333. The first-order valence-corrected chi connectivity index (χ1v) is 7.38. The molecule has 2 aliphatic heterocycles. The van der Waals surface area contributed by atoms with Crippen molar-refractivity contribution < 1.29 is 4.74 Å². The largest absolute Gasteiger partial charge is 0.493 e. The van der Waals surface area contributed by atoms with Crippen molar-refractivity contribution >= 4 is 0 Å². The molecule has 0 radical (unpaired) electrons. The van der Waals surface area contributed by atoms with Crippen molar-refractivity contribution in [3.8, 4) is 5.75 Å². The van der Waals surface area contributed by atoms with Gasteiger partial charge in [-0.05, 0) is 17.2 Å². The average molecular weight is 265 g/mol. The zero-order chi connectivity index (χ0) is 13.4. The number of nitrogens with zero attached hydrogens (tertiary/aromatic N) is 1. The molecular formula is C18H19NO. The summed E-state index contributed by atoms with van der Waals surface area (Å²) in [6, 6.07) is 19.3. The van der Waals surface area contributed by atoms with Gasteiger partial charge in [0.2, 0.25) is 0 Å². The van der Waals surface area contributed by atoms with Crippen LogP contribution in [0.25, 0.3) is 0 Å². The normalized spacial score (nSPS) is 24.8. The van der Waals surface area contributed by atoms with Crippen LogP contribution in [0.4, 0.5) is 0 Å². The number of benzene rings is 2. The van der Waals surface area contributed by atoms with Crippen molar-refractivity contribution in [1.82, 2.24) is 4.90 Å². The van der Waals surface area contributed by atoms with Crippen LogP contribution >= 0.6 is 0 Å². The Bertz CT molecular complexity index is 595. The monoisotopic (exact) mass is 265 g/mol. The first kappa shape index (κ1) is 12.0. The minimum Gasteiger partial charge on any atom is -0.493 e. The predicted molar refractivity (Wildman–Crippen MR) is 79.9 cm³/mol. The van der Waals surface area contributed by atoms with E-state index in [4.69, 9.17) is 4.74 Å². The van der Waals surface area contributed by atoms with Crippen LogP contribution in [-0.4, -0.2) is 24.6 Å². The lowest BCUT2D eigenvalue weighted by Crippen LogP contribution is -2.24. The molecular weight excluding hydrogens is 246 g/mol. The molecule has 0 saturated carbocycles. The maximum absolute atomic E-state index is 5.91. The smallest absolute Gasteiger partial charge is 0.122 e. The van der Waals surface area contributed by atoms with Gasteiger partial charge in [-0.15, -0.1) is 0 Å². The lowest BCUT2D eigenvalue weighted by atomic mass is 9.87. The molecule has 0 unspecified atom stereocenters. The van der Waals surface area contributed by atoms with Crippen LogP contribution in [0.5, 0.6) is 5.75 Å². The first-order chi connectivity index (χ1) is 9.90. The Morgan fingerprint density at radius 3 is 2.65 bits per heavy atom. The van der Waals surface area contributed by atoms with Gasteiger partial charge >= 0.3 is 0 Å². The molecule has 0 aliphatic carbocycles. The fourth-order valence-corrected chi connectivity index (χ4v) is 3.57. The molecule has 102 valence electrons. The molecule has 0 aromatic heterocycles.